The molecule has 0 atom stereocenters. The quantitative estimate of drug-likeness (QED) is 0.755. The van der Waals surface area contributed by atoms with Crippen LogP contribution in [0.5, 0.6) is 0 Å². The Labute approximate surface area is 111 Å². The Morgan fingerprint density at radius 2 is 2.00 bits per heavy atom. The van der Waals surface area contributed by atoms with Crippen molar-refractivity contribution in [3.8, 4) is 0 Å². The van der Waals surface area contributed by atoms with Crippen LogP contribution in [0.4, 0.5) is 0 Å². The highest BCUT2D eigenvalue weighted by Crippen LogP contribution is 2.27. The summed E-state index contributed by atoms with van der Waals surface area (Å²) in [6, 6.07) is 0.394. The van der Waals surface area contributed by atoms with Crippen LogP contribution in [0.2, 0.25) is 0 Å². The summed E-state index contributed by atoms with van der Waals surface area (Å²) < 4.78 is 5.02. The number of likely N-dealkylation sites (N-methyl/N-ethyl adjacent to an activating group) is 1. The zero-order valence-electron chi connectivity index (χ0n) is 11.9. The summed E-state index contributed by atoms with van der Waals surface area (Å²) in [5.41, 5.74) is 5.89. The van der Waals surface area contributed by atoms with Gasteiger partial charge in [0.05, 0.1) is 6.61 Å². The molecule has 2 N–H and O–H groups in total. The van der Waals surface area contributed by atoms with Crippen LogP contribution in [-0.2, 0) is 9.53 Å². The molecule has 0 heterocycles. The van der Waals surface area contributed by atoms with Crippen LogP contribution in [0.15, 0.2) is 0 Å². The van der Waals surface area contributed by atoms with Crippen LogP contribution in [0.25, 0.3) is 0 Å². The molecular weight excluding hydrogens is 228 g/mol. The van der Waals surface area contributed by atoms with Gasteiger partial charge < -0.3 is 15.4 Å². The molecule has 106 valence electrons. The number of rotatable bonds is 7. The molecular formula is C14H28N2O2. The van der Waals surface area contributed by atoms with Gasteiger partial charge in [0, 0.05) is 32.7 Å². The second kappa shape index (κ2) is 8.48. The van der Waals surface area contributed by atoms with E-state index in [4.69, 9.17) is 10.5 Å². The molecule has 0 saturated heterocycles. The van der Waals surface area contributed by atoms with Gasteiger partial charge >= 0.3 is 0 Å². The highest BCUT2D eigenvalue weighted by atomic mass is 16.5. The number of hydrogen-bond donors (Lipinski definition) is 1. The molecule has 18 heavy (non-hydrogen) atoms. The molecule has 0 unspecified atom stereocenters. The van der Waals surface area contributed by atoms with Gasteiger partial charge in [-0.05, 0) is 44.9 Å². The molecule has 1 rings (SSSR count). The predicted octanol–water partition coefficient (Wildman–Crippen LogP) is 1.78. The first-order chi connectivity index (χ1) is 8.67. The Balaban J connectivity index is 2.22. The fourth-order valence-corrected chi connectivity index (χ4v) is 2.62. The van der Waals surface area contributed by atoms with Crippen molar-refractivity contribution in [2.24, 2.45) is 11.7 Å². The lowest BCUT2D eigenvalue weighted by Gasteiger charge is -2.27. The molecule has 1 fully saturated rings. The largest absolute Gasteiger partial charge is 0.383 e. The lowest BCUT2D eigenvalue weighted by Crippen LogP contribution is -2.34. The third-order valence-corrected chi connectivity index (χ3v) is 3.96. The van der Waals surface area contributed by atoms with Gasteiger partial charge in [-0.2, -0.15) is 0 Å². The zero-order valence-corrected chi connectivity index (χ0v) is 11.9. The molecule has 0 bridgehead atoms. The molecule has 0 aromatic carbocycles. The number of amides is 1. The summed E-state index contributed by atoms with van der Waals surface area (Å²) in [6.45, 7) is 4.13. The number of ether oxygens (including phenoxy) is 1. The molecule has 4 nitrogen and oxygen atoms in total. The SMILES string of the molecule is CCN(CCOC)C(=O)CCC1CCC(N)CC1. The Bertz CT molecular complexity index is 238. The fraction of sp³-hybridized carbons (Fsp3) is 0.929. The maximum absolute atomic E-state index is 12.0. The van der Waals surface area contributed by atoms with E-state index in [-0.39, 0.29) is 5.91 Å². The van der Waals surface area contributed by atoms with Gasteiger partial charge in [-0.3, -0.25) is 4.79 Å². The Morgan fingerprint density at radius 1 is 1.33 bits per heavy atom. The van der Waals surface area contributed by atoms with Crippen LogP contribution in [-0.4, -0.2) is 43.7 Å². The third kappa shape index (κ3) is 5.36. The van der Waals surface area contributed by atoms with E-state index in [1.165, 1.54) is 12.8 Å². The average molecular weight is 256 g/mol. The van der Waals surface area contributed by atoms with Crippen LogP contribution in [0, 0.1) is 5.92 Å². The minimum absolute atomic E-state index is 0.268. The van der Waals surface area contributed by atoms with Crippen molar-refractivity contribution in [2.45, 2.75) is 51.5 Å². The second-order valence-corrected chi connectivity index (χ2v) is 5.29. The van der Waals surface area contributed by atoms with Gasteiger partial charge in [-0.1, -0.05) is 0 Å². The van der Waals surface area contributed by atoms with Crippen LogP contribution in [0.1, 0.15) is 45.4 Å². The van der Waals surface area contributed by atoms with E-state index in [1.54, 1.807) is 7.11 Å². The number of carbonyl (C=O) groups excluding carboxylic acids is 1. The van der Waals surface area contributed by atoms with E-state index >= 15 is 0 Å². The van der Waals surface area contributed by atoms with Gasteiger partial charge in [-0.25, -0.2) is 0 Å². The van der Waals surface area contributed by atoms with E-state index in [0.29, 0.717) is 31.5 Å². The highest BCUT2D eigenvalue weighted by molar-refractivity contribution is 5.76. The van der Waals surface area contributed by atoms with Crippen molar-refractivity contribution in [3.63, 3.8) is 0 Å². The monoisotopic (exact) mass is 256 g/mol. The van der Waals surface area contributed by atoms with Crippen LogP contribution < -0.4 is 5.73 Å². The Hall–Kier alpha value is -0.610. The van der Waals surface area contributed by atoms with Crippen molar-refractivity contribution in [1.82, 2.24) is 4.90 Å². The second-order valence-electron chi connectivity index (χ2n) is 5.29. The van der Waals surface area contributed by atoms with Gasteiger partial charge in [0.15, 0.2) is 0 Å². The molecule has 0 spiro atoms. The number of nitrogens with two attached hydrogens (primary N) is 1. The minimum atomic E-state index is 0.268. The van der Waals surface area contributed by atoms with E-state index in [1.807, 2.05) is 11.8 Å². The zero-order chi connectivity index (χ0) is 13.4. The molecule has 0 aromatic rings. The van der Waals surface area contributed by atoms with Gasteiger partial charge in [0.2, 0.25) is 5.91 Å². The summed E-state index contributed by atoms with van der Waals surface area (Å²) in [5, 5.41) is 0. The molecule has 1 amide bonds. The summed E-state index contributed by atoms with van der Waals surface area (Å²) in [5.74, 6) is 0.972. The molecule has 0 aliphatic heterocycles. The van der Waals surface area contributed by atoms with Gasteiger partial charge in [-0.15, -0.1) is 0 Å². The molecule has 4 heteroatoms. The molecule has 0 radical (unpaired) electrons. The van der Waals surface area contributed by atoms with Crippen molar-refractivity contribution < 1.29 is 9.53 Å². The summed E-state index contributed by atoms with van der Waals surface area (Å²) in [7, 11) is 1.67. The normalized spacial score (nSPS) is 23.9. The van der Waals surface area contributed by atoms with Gasteiger partial charge in [0.25, 0.3) is 0 Å². The number of carbonyl (C=O) groups is 1. The first-order valence-corrected chi connectivity index (χ1v) is 7.19. The van der Waals surface area contributed by atoms with Gasteiger partial charge in [0.1, 0.15) is 0 Å². The number of methoxy groups -OCH3 is 1. The van der Waals surface area contributed by atoms with E-state index < -0.39 is 0 Å². The highest BCUT2D eigenvalue weighted by Gasteiger charge is 2.20. The lowest BCUT2D eigenvalue weighted by atomic mass is 9.84. The lowest BCUT2D eigenvalue weighted by molar-refractivity contribution is -0.132. The van der Waals surface area contributed by atoms with Crippen molar-refractivity contribution >= 4 is 5.91 Å². The first kappa shape index (κ1) is 15.4. The Kier molecular flexibility index (Phi) is 7.28. The van der Waals surface area contributed by atoms with Crippen molar-refractivity contribution in [2.75, 3.05) is 26.8 Å². The predicted molar refractivity (Wildman–Crippen MR) is 73.3 cm³/mol. The summed E-state index contributed by atoms with van der Waals surface area (Å²) >= 11 is 0. The maximum atomic E-state index is 12.0. The summed E-state index contributed by atoms with van der Waals surface area (Å²) in [6.07, 6.45) is 6.34. The fourth-order valence-electron chi connectivity index (χ4n) is 2.62. The Morgan fingerprint density at radius 3 is 2.56 bits per heavy atom. The van der Waals surface area contributed by atoms with E-state index in [9.17, 15) is 4.79 Å². The topological polar surface area (TPSA) is 55.6 Å². The third-order valence-electron chi connectivity index (χ3n) is 3.96. The van der Waals surface area contributed by atoms with Crippen LogP contribution in [0.3, 0.4) is 0 Å². The first-order valence-electron chi connectivity index (χ1n) is 7.19. The average Bonchev–Trinajstić information content (AvgIpc) is 2.39. The summed E-state index contributed by atoms with van der Waals surface area (Å²) in [4.78, 5) is 13.9. The van der Waals surface area contributed by atoms with E-state index in [2.05, 4.69) is 0 Å². The van der Waals surface area contributed by atoms with Crippen molar-refractivity contribution in [1.29, 1.82) is 0 Å². The molecule has 1 saturated carbocycles. The van der Waals surface area contributed by atoms with Crippen LogP contribution >= 0.6 is 0 Å². The maximum Gasteiger partial charge on any atom is 0.222 e. The molecule has 1 aliphatic rings. The number of hydrogen-bond acceptors (Lipinski definition) is 3. The molecule has 0 aromatic heterocycles. The number of nitrogens with zero attached hydrogens (tertiary/aromatic N) is 1. The minimum Gasteiger partial charge on any atom is -0.383 e. The van der Waals surface area contributed by atoms with E-state index in [0.717, 1.165) is 25.8 Å². The molecule has 1 aliphatic carbocycles. The van der Waals surface area contributed by atoms with Crippen molar-refractivity contribution in [3.05, 3.63) is 0 Å². The standard InChI is InChI=1S/C14H28N2O2/c1-3-16(10-11-18-2)14(17)9-6-12-4-7-13(15)8-5-12/h12-13H,3-11,15H2,1-2H3. The smallest absolute Gasteiger partial charge is 0.222 e.